The van der Waals surface area contributed by atoms with Crippen molar-refractivity contribution in [2.24, 2.45) is 5.92 Å². The summed E-state index contributed by atoms with van der Waals surface area (Å²) in [4.78, 5) is 9.40. The van der Waals surface area contributed by atoms with E-state index in [9.17, 15) is 0 Å². The van der Waals surface area contributed by atoms with Crippen LogP contribution in [-0.2, 0) is 17.7 Å². The second-order valence-corrected chi connectivity index (χ2v) is 6.38. The Hall–Kier alpha value is -2.20. The predicted octanol–water partition coefficient (Wildman–Crippen LogP) is 3.37. The highest BCUT2D eigenvalue weighted by atomic mass is 16.5. The van der Waals surface area contributed by atoms with E-state index >= 15 is 0 Å². The van der Waals surface area contributed by atoms with Gasteiger partial charge in [0, 0.05) is 25.8 Å². The Morgan fingerprint density at radius 1 is 1.26 bits per heavy atom. The van der Waals surface area contributed by atoms with E-state index in [1.165, 1.54) is 11.1 Å². The Labute approximate surface area is 136 Å². The number of imidazole rings is 1. The van der Waals surface area contributed by atoms with Crippen molar-refractivity contribution in [1.29, 1.82) is 0 Å². The lowest BCUT2D eigenvalue weighted by atomic mass is 10.0. The van der Waals surface area contributed by atoms with Crippen molar-refractivity contribution < 1.29 is 4.74 Å². The van der Waals surface area contributed by atoms with Crippen LogP contribution in [0.25, 0.3) is 11.2 Å². The van der Waals surface area contributed by atoms with Crippen molar-refractivity contribution in [3.8, 4) is 0 Å². The normalized spacial score (nSPS) is 17.9. The molecule has 118 valence electrons. The highest BCUT2D eigenvalue weighted by Gasteiger charge is 2.20. The highest BCUT2D eigenvalue weighted by Crippen LogP contribution is 2.22. The van der Waals surface area contributed by atoms with Crippen molar-refractivity contribution in [1.82, 2.24) is 14.5 Å². The molecule has 3 heterocycles. The van der Waals surface area contributed by atoms with Crippen molar-refractivity contribution in [3.05, 3.63) is 59.5 Å². The van der Waals surface area contributed by atoms with Gasteiger partial charge in [-0.05, 0) is 37.0 Å². The smallest absolute Gasteiger partial charge is 0.160 e. The summed E-state index contributed by atoms with van der Waals surface area (Å²) >= 11 is 0. The summed E-state index contributed by atoms with van der Waals surface area (Å²) in [6.45, 7) is 4.67. The van der Waals surface area contributed by atoms with Crippen LogP contribution in [0.2, 0.25) is 0 Å². The molecule has 0 N–H and O–H groups in total. The molecule has 1 unspecified atom stereocenters. The van der Waals surface area contributed by atoms with Gasteiger partial charge in [0.25, 0.3) is 0 Å². The van der Waals surface area contributed by atoms with Gasteiger partial charge in [-0.3, -0.25) is 0 Å². The van der Waals surface area contributed by atoms with Gasteiger partial charge < -0.3 is 9.30 Å². The molecular weight excluding hydrogens is 286 g/mol. The lowest BCUT2D eigenvalue weighted by Gasteiger charge is -2.12. The number of nitrogens with zero attached hydrogens (tertiary/aromatic N) is 3. The van der Waals surface area contributed by atoms with Crippen molar-refractivity contribution >= 4 is 11.2 Å². The summed E-state index contributed by atoms with van der Waals surface area (Å²) in [5, 5.41) is 0. The summed E-state index contributed by atoms with van der Waals surface area (Å²) in [5.41, 5.74) is 4.53. The first-order valence-corrected chi connectivity index (χ1v) is 8.23. The maximum atomic E-state index is 5.52. The maximum absolute atomic E-state index is 5.52. The summed E-state index contributed by atoms with van der Waals surface area (Å²) in [5.74, 6) is 1.69. The molecule has 1 aliphatic rings. The van der Waals surface area contributed by atoms with E-state index < -0.39 is 0 Å². The molecule has 0 radical (unpaired) electrons. The molecule has 1 atom stereocenters. The van der Waals surface area contributed by atoms with E-state index in [0.717, 1.165) is 49.6 Å². The van der Waals surface area contributed by atoms with Crippen LogP contribution in [-0.4, -0.2) is 27.7 Å². The molecular formula is C19H21N3O. The minimum atomic E-state index is 0.572. The molecule has 1 aromatic carbocycles. The predicted molar refractivity (Wildman–Crippen MR) is 90.4 cm³/mol. The number of hydrogen-bond donors (Lipinski definition) is 0. The number of aryl methyl sites for hydroxylation is 1. The van der Waals surface area contributed by atoms with Gasteiger partial charge in [0.05, 0.1) is 6.54 Å². The molecule has 4 rings (SSSR count). The van der Waals surface area contributed by atoms with Gasteiger partial charge >= 0.3 is 0 Å². The summed E-state index contributed by atoms with van der Waals surface area (Å²) in [6.07, 6.45) is 3.93. The van der Waals surface area contributed by atoms with Crippen LogP contribution in [0.3, 0.4) is 0 Å². The monoisotopic (exact) mass is 307 g/mol. The Kier molecular flexibility index (Phi) is 3.83. The van der Waals surface area contributed by atoms with Gasteiger partial charge in [0.1, 0.15) is 11.3 Å². The number of fused-ring (bicyclic) bond motifs is 1. The Morgan fingerprint density at radius 3 is 3.04 bits per heavy atom. The van der Waals surface area contributed by atoms with E-state index in [-0.39, 0.29) is 0 Å². The zero-order valence-corrected chi connectivity index (χ0v) is 13.4. The molecule has 1 aliphatic heterocycles. The maximum Gasteiger partial charge on any atom is 0.160 e. The number of aromatic nitrogens is 3. The van der Waals surface area contributed by atoms with Gasteiger partial charge in [-0.2, -0.15) is 0 Å². The molecule has 1 fully saturated rings. The van der Waals surface area contributed by atoms with E-state index in [1.54, 1.807) is 0 Å². The molecule has 4 heteroatoms. The number of hydrogen-bond acceptors (Lipinski definition) is 3. The van der Waals surface area contributed by atoms with Gasteiger partial charge in [-0.25, -0.2) is 9.97 Å². The first kappa shape index (κ1) is 14.4. The van der Waals surface area contributed by atoms with Crippen LogP contribution in [0.15, 0.2) is 42.6 Å². The molecule has 0 amide bonds. The molecule has 0 spiro atoms. The molecule has 23 heavy (non-hydrogen) atoms. The second kappa shape index (κ2) is 6.13. The van der Waals surface area contributed by atoms with Crippen LogP contribution in [0, 0.1) is 12.8 Å². The number of benzene rings is 1. The quantitative estimate of drug-likeness (QED) is 0.742. The average Bonchev–Trinajstić information content (AvgIpc) is 3.17. The summed E-state index contributed by atoms with van der Waals surface area (Å²) in [7, 11) is 0. The van der Waals surface area contributed by atoms with Gasteiger partial charge in [-0.15, -0.1) is 0 Å². The zero-order chi connectivity index (χ0) is 15.6. The first-order chi connectivity index (χ1) is 11.3. The van der Waals surface area contributed by atoms with E-state index in [1.807, 2.05) is 18.3 Å². The molecule has 3 aromatic rings. The molecule has 2 aromatic heterocycles. The molecule has 0 saturated carbocycles. The van der Waals surface area contributed by atoms with Gasteiger partial charge in [0.2, 0.25) is 0 Å². The van der Waals surface area contributed by atoms with Crippen LogP contribution in [0.1, 0.15) is 23.4 Å². The van der Waals surface area contributed by atoms with E-state index in [0.29, 0.717) is 5.92 Å². The fourth-order valence-electron chi connectivity index (χ4n) is 3.32. The van der Waals surface area contributed by atoms with Crippen LogP contribution < -0.4 is 0 Å². The molecule has 4 nitrogen and oxygen atoms in total. The number of pyridine rings is 1. The third-order valence-electron chi connectivity index (χ3n) is 4.50. The average molecular weight is 307 g/mol. The minimum Gasteiger partial charge on any atom is -0.381 e. The van der Waals surface area contributed by atoms with Gasteiger partial charge in [0.15, 0.2) is 5.65 Å². The molecule has 0 bridgehead atoms. The summed E-state index contributed by atoms with van der Waals surface area (Å²) < 4.78 is 7.79. The number of ether oxygens (including phenoxy) is 1. The third kappa shape index (κ3) is 2.99. The van der Waals surface area contributed by atoms with E-state index in [2.05, 4.69) is 40.7 Å². The fraction of sp³-hybridized carbons (Fsp3) is 0.368. The molecule has 1 saturated heterocycles. The standard InChI is InChI=1S/C19H21N3O/c1-14-4-2-5-15(10-14)12-22-18(11-16-7-9-23-13-16)21-17-6-3-8-20-19(17)22/h2-6,8,10,16H,7,9,11-13H2,1H3. The minimum absolute atomic E-state index is 0.572. The van der Waals surface area contributed by atoms with Crippen molar-refractivity contribution in [2.45, 2.75) is 26.3 Å². The Balaban J connectivity index is 1.72. The summed E-state index contributed by atoms with van der Waals surface area (Å²) in [6, 6.07) is 12.6. The molecule has 0 aliphatic carbocycles. The second-order valence-electron chi connectivity index (χ2n) is 6.38. The fourth-order valence-corrected chi connectivity index (χ4v) is 3.32. The van der Waals surface area contributed by atoms with Crippen LogP contribution >= 0.6 is 0 Å². The van der Waals surface area contributed by atoms with Gasteiger partial charge in [-0.1, -0.05) is 29.8 Å². The Morgan fingerprint density at radius 2 is 2.22 bits per heavy atom. The largest absolute Gasteiger partial charge is 0.381 e. The Bertz CT molecular complexity index is 818. The lowest BCUT2D eigenvalue weighted by Crippen LogP contribution is -2.12. The third-order valence-corrected chi connectivity index (χ3v) is 4.50. The van der Waals surface area contributed by atoms with Crippen molar-refractivity contribution in [2.75, 3.05) is 13.2 Å². The highest BCUT2D eigenvalue weighted by molar-refractivity contribution is 5.71. The van der Waals surface area contributed by atoms with E-state index in [4.69, 9.17) is 9.72 Å². The first-order valence-electron chi connectivity index (χ1n) is 8.23. The SMILES string of the molecule is Cc1cccc(Cn2c(CC3CCOC3)nc3cccnc32)c1. The van der Waals surface area contributed by atoms with Crippen LogP contribution in [0.5, 0.6) is 0 Å². The van der Waals surface area contributed by atoms with Crippen molar-refractivity contribution in [3.63, 3.8) is 0 Å². The zero-order valence-electron chi connectivity index (χ0n) is 13.4. The lowest BCUT2D eigenvalue weighted by molar-refractivity contribution is 0.185. The number of rotatable bonds is 4. The van der Waals surface area contributed by atoms with Crippen LogP contribution in [0.4, 0.5) is 0 Å². The topological polar surface area (TPSA) is 39.9 Å².